The highest BCUT2D eigenvalue weighted by Gasteiger charge is 2.23. The Morgan fingerprint density at radius 3 is 2.32 bits per heavy atom. The summed E-state index contributed by atoms with van der Waals surface area (Å²) < 4.78 is 5.60. The Hall–Kier alpha value is -1.14. The molecule has 2 amide bonds. The molecule has 6 heteroatoms. The van der Waals surface area contributed by atoms with Crippen molar-refractivity contribution in [2.24, 2.45) is 0 Å². The van der Waals surface area contributed by atoms with Crippen molar-refractivity contribution in [3.05, 3.63) is 0 Å². The molecule has 1 heterocycles. The van der Waals surface area contributed by atoms with Gasteiger partial charge in [0.25, 0.3) is 0 Å². The summed E-state index contributed by atoms with van der Waals surface area (Å²) >= 11 is 0. The molecular formula is C13H25N3O3. The largest absolute Gasteiger partial charge is 0.373 e. The van der Waals surface area contributed by atoms with Crippen molar-refractivity contribution in [1.82, 2.24) is 15.5 Å². The maximum Gasteiger partial charge on any atom is 0.239 e. The zero-order valence-electron chi connectivity index (χ0n) is 12.2. The van der Waals surface area contributed by atoms with Gasteiger partial charge in [-0.15, -0.1) is 0 Å². The van der Waals surface area contributed by atoms with E-state index in [1.165, 1.54) is 0 Å². The number of nitrogens with one attached hydrogen (secondary N) is 2. The van der Waals surface area contributed by atoms with Crippen LogP contribution in [0.4, 0.5) is 0 Å². The van der Waals surface area contributed by atoms with E-state index in [-0.39, 0.29) is 36.6 Å². The highest BCUT2D eigenvalue weighted by atomic mass is 16.5. The third-order valence-electron chi connectivity index (χ3n) is 2.76. The van der Waals surface area contributed by atoms with Crippen LogP contribution in [0.5, 0.6) is 0 Å². The molecule has 19 heavy (non-hydrogen) atoms. The first-order valence-corrected chi connectivity index (χ1v) is 6.80. The molecule has 0 spiro atoms. The van der Waals surface area contributed by atoms with Crippen LogP contribution in [0.3, 0.4) is 0 Å². The lowest BCUT2D eigenvalue weighted by Gasteiger charge is -2.34. The van der Waals surface area contributed by atoms with E-state index in [0.29, 0.717) is 6.54 Å². The monoisotopic (exact) mass is 271 g/mol. The molecule has 6 nitrogen and oxygen atoms in total. The number of hydrogen-bond donors (Lipinski definition) is 2. The van der Waals surface area contributed by atoms with E-state index >= 15 is 0 Å². The highest BCUT2D eigenvalue weighted by molar-refractivity contribution is 5.85. The molecule has 0 unspecified atom stereocenters. The lowest BCUT2D eigenvalue weighted by molar-refractivity contribution is -0.129. The predicted octanol–water partition coefficient (Wildman–Crippen LogP) is -0.264. The molecule has 0 aromatic carbocycles. The summed E-state index contributed by atoms with van der Waals surface area (Å²) in [5, 5.41) is 5.36. The van der Waals surface area contributed by atoms with E-state index < -0.39 is 0 Å². The molecule has 1 fully saturated rings. The minimum atomic E-state index is -0.160. The normalized spacial score (nSPS) is 24.3. The Morgan fingerprint density at radius 1 is 1.21 bits per heavy atom. The van der Waals surface area contributed by atoms with Gasteiger partial charge in [-0.05, 0) is 27.7 Å². The number of carbonyl (C=O) groups excluding carboxylic acids is 2. The van der Waals surface area contributed by atoms with Crippen molar-refractivity contribution >= 4 is 11.8 Å². The Labute approximate surface area is 114 Å². The first-order chi connectivity index (χ1) is 8.86. The third-order valence-corrected chi connectivity index (χ3v) is 2.76. The van der Waals surface area contributed by atoms with Gasteiger partial charge in [0.2, 0.25) is 11.8 Å². The van der Waals surface area contributed by atoms with Crippen LogP contribution in [-0.4, -0.2) is 61.1 Å². The molecule has 1 rings (SSSR count). The highest BCUT2D eigenvalue weighted by Crippen LogP contribution is 2.09. The summed E-state index contributed by atoms with van der Waals surface area (Å²) in [7, 11) is 0. The van der Waals surface area contributed by atoms with Crippen LogP contribution in [0.2, 0.25) is 0 Å². The summed E-state index contributed by atoms with van der Waals surface area (Å²) in [5.41, 5.74) is 0. The standard InChI is InChI=1S/C13H25N3O3/c1-9(2)15-12(17)5-14-13(18)8-16-6-10(3)19-11(4)7-16/h9-11H,5-8H2,1-4H3,(H,14,18)(H,15,17)/t10-,11+. The van der Waals surface area contributed by atoms with Gasteiger partial charge in [0, 0.05) is 19.1 Å². The van der Waals surface area contributed by atoms with Gasteiger partial charge in [-0.2, -0.15) is 0 Å². The van der Waals surface area contributed by atoms with Crippen LogP contribution in [0.25, 0.3) is 0 Å². The molecule has 0 aliphatic carbocycles. The molecule has 1 aliphatic heterocycles. The first-order valence-electron chi connectivity index (χ1n) is 6.80. The van der Waals surface area contributed by atoms with Gasteiger partial charge in [-0.25, -0.2) is 0 Å². The number of carbonyl (C=O) groups is 2. The van der Waals surface area contributed by atoms with Crippen LogP contribution in [0.1, 0.15) is 27.7 Å². The number of morpholine rings is 1. The maximum atomic E-state index is 11.7. The first kappa shape index (κ1) is 15.9. The Bertz CT molecular complexity index is 310. The van der Waals surface area contributed by atoms with Crippen LogP contribution in [-0.2, 0) is 14.3 Å². The Morgan fingerprint density at radius 2 is 1.79 bits per heavy atom. The van der Waals surface area contributed by atoms with Crippen LogP contribution >= 0.6 is 0 Å². The van der Waals surface area contributed by atoms with Crippen molar-refractivity contribution in [2.45, 2.75) is 45.9 Å². The topological polar surface area (TPSA) is 70.7 Å². The van der Waals surface area contributed by atoms with Gasteiger partial charge in [0.15, 0.2) is 0 Å². The van der Waals surface area contributed by atoms with E-state index in [2.05, 4.69) is 15.5 Å². The van der Waals surface area contributed by atoms with E-state index in [1.54, 1.807) is 0 Å². The van der Waals surface area contributed by atoms with Gasteiger partial charge in [-0.3, -0.25) is 14.5 Å². The van der Waals surface area contributed by atoms with Crippen molar-refractivity contribution in [2.75, 3.05) is 26.2 Å². The van der Waals surface area contributed by atoms with Crippen LogP contribution in [0, 0.1) is 0 Å². The predicted molar refractivity (Wildman–Crippen MR) is 72.7 cm³/mol. The van der Waals surface area contributed by atoms with Gasteiger partial charge >= 0.3 is 0 Å². The van der Waals surface area contributed by atoms with Crippen molar-refractivity contribution < 1.29 is 14.3 Å². The second-order valence-corrected chi connectivity index (χ2v) is 5.45. The molecule has 2 atom stereocenters. The fourth-order valence-electron chi connectivity index (χ4n) is 2.22. The van der Waals surface area contributed by atoms with Gasteiger partial charge in [0.1, 0.15) is 0 Å². The van der Waals surface area contributed by atoms with Crippen LogP contribution in [0.15, 0.2) is 0 Å². The minimum absolute atomic E-state index is 0.0342. The number of ether oxygens (including phenoxy) is 1. The number of hydrogen-bond acceptors (Lipinski definition) is 4. The quantitative estimate of drug-likeness (QED) is 0.722. The molecule has 1 aliphatic rings. The summed E-state index contributed by atoms with van der Waals surface area (Å²) in [6, 6.07) is 0.0883. The summed E-state index contributed by atoms with van der Waals surface area (Å²) in [4.78, 5) is 25.2. The molecule has 110 valence electrons. The van der Waals surface area contributed by atoms with Gasteiger partial charge in [-0.1, -0.05) is 0 Å². The molecule has 2 N–H and O–H groups in total. The summed E-state index contributed by atoms with van der Waals surface area (Å²) in [5.74, 6) is -0.285. The lowest BCUT2D eigenvalue weighted by Crippen LogP contribution is -2.50. The zero-order valence-corrected chi connectivity index (χ0v) is 12.2. The molecule has 1 saturated heterocycles. The van der Waals surface area contributed by atoms with E-state index in [0.717, 1.165) is 13.1 Å². The fraction of sp³-hybridized carbons (Fsp3) is 0.846. The second-order valence-electron chi connectivity index (χ2n) is 5.45. The average molecular weight is 271 g/mol. The number of rotatable bonds is 5. The van der Waals surface area contributed by atoms with Crippen molar-refractivity contribution in [3.63, 3.8) is 0 Å². The maximum absolute atomic E-state index is 11.7. The molecular weight excluding hydrogens is 246 g/mol. The van der Waals surface area contributed by atoms with E-state index in [9.17, 15) is 9.59 Å². The van der Waals surface area contributed by atoms with Crippen LogP contribution < -0.4 is 10.6 Å². The molecule has 0 aromatic rings. The zero-order chi connectivity index (χ0) is 14.4. The van der Waals surface area contributed by atoms with Crippen molar-refractivity contribution in [3.8, 4) is 0 Å². The summed E-state index contributed by atoms with van der Waals surface area (Å²) in [6.07, 6.45) is 0.279. The summed E-state index contributed by atoms with van der Waals surface area (Å²) in [6.45, 7) is 9.60. The van der Waals surface area contributed by atoms with E-state index in [1.807, 2.05) is 27.7 Å². The Balaban J connectivity index is 2.25. The molecule has 0 aromatic heterocycles. The molecule has 0 bridgehead atoms. The van der Waals surface area contributed by atoms with Gasteiger partial charge < -0.3 is 15.4 Å². The van der Waals surface area contributed by atoms with Gasteiger partial charge in [0.05, 0.1) is 25.3 Å². The average Bonchev–Trinajstić information content (AvgIpc) is 2.23. The minimum Gasteiger partial charge on any atom is -0.373 e. The molecule has 0 saturated carbocycles. The number of amides is 2. The molecule has 0 radical (unpaired) electrons. The van der Waals surface area contributed by atoms with E-state index in [4.69, 9.17) is 4.74 Å². The SMILES string of the molecule is CC(C)NC(=O)CNC(=O)CN1C[C@@H](C)O[C@@H](C)C1. The third kappa shape index (κ3) is 6.54. The fourth-order valence-corrected chi connectivity index (χ4v) is 2.22. The second kappa shape index (κ2) is 7.45. The van der Waals surface area contributed by atoms with Crippen molar-refractivity contribution in [1.29, 1.82) is 0 Å². The number of nitrogens with zero attached hydrogens (tertiary/aromatic N) is 1. The Kier molecular flexibility index (Phi) is 6.24. The smallest absolute Gasteiger partial charge is 0.239 e. The lowest BCUT2D eigenvalue weighted by atomic mass is 10.2.